The third-order valence-corrected chi connectivity index (χ3v) is 5.24. The van der Waals surface area contributed by atoms with Crippen LogP contribution in [0.1, 0.15) is 30.0 Å². The highest BCUT2D eigenvalue weighted by molar-refractivity contribution is 6.31. The van der Waals surface area contributed by atoms with Gasteiger partial charge in [-0.15, -0.1) is 0 Å². The van der Waals surface area contributed by atoms with Crippen molar-refractivity contribution in [1.82, 2.24) is 10.2 Å². The molecule has 1 heterocycles. The van der Waals surface area contributed by atoms with E-state index >= 15 is 0 Å². The monoisotopic (exact) mass is 417 g/mol. The van der Waals surface area contributed by atoms with Crippen molar-refractivity contribution in [2.45, 2.75) is 18.9 Å². The van der Waals surface area contributed by atoms with E-state index in [-0.39, 0.29) is 30.0 Å². The number of rotatable bonds is 7. The third-order valence-electron chi connectivity index (χ3n) is 4.92. The number of non-ortho nitro benzene ring substituents is 1. The van der Waals surface area contributed by atoms with E-state index < -0.39 is 4.92 Å². The highest BCUT2D eigenvalue weighted by Crippen LogP contribution is 2.31. The van der Waals surface area contributed by atoms with E-state index in [0.717, 1.165) is 25.9 Å². The minimum Gasteiger partial charge on any atom is -0.351 e. The number of likely N-dealkylation sites (tertiary alicyclic amines) is 1. The Morgan fingerprint density at radius 2 is 1.93 bits per heavy atom. The number of hydrogen-bond donors (Lipinski definition) is 1. The molecule has 1 atom stereocenters. The predicted molar refractivity (Wildman–Crippen MR) is 110 cm³/mol. The molecule has 1 unspecified atom stereocenters. The first kappa shape index (κ1) is 21.0. The number of carbonyl (C=O) groups is 1. The minimum absolute atomic E-state index is 0.0122. The molecule has 8 heteroatoms. The van der Waals surface area contributed by atoms with E-state index in [2.05, 4.69) is 10.2 Å². The van der Waals surface area contributed by atoms with Gasteiger partial charge in [-0.2, -0.15) is 0 Å². The molecule has 0 bridgehead atoms. The van der Waals surface area contributed by atoms with Crippen molar-refractivity contribution in [2.24, 2.45) is 0 Å². The second-order valence-corrected chi connectivity index (χ2v) is 7.23. The molecule has 152 valence electrons. The van der Waals surface area contributed by atoms with Crippen LogP contribution in [0.4, 0.5) is 10.1 Å². The van der Waals surface area contributed by atoms with Gasteiger partial charge in [0, 0.05) is 35.3 Å². The Labute approximate surface area is 173 Å². The number of nitro groups is 1. The molecule has 0 aliphatic carbocycles. The van der Waals surface area contributed by atoms with Gasteiger partial charge in [0.1, 0.15) is 5.82 Å². The molecule has 1 fully saturated rings. The van der Waals surface area contributed by atoms with Crippen molar-refractivity contribution in [3.05, 3.63) is 80.6 Å². The number of nitro benzene ring substituents is 1. The molecule has 3 rings (SSSR count). The number of carbonyl (C=O) groups excluding carboxylic acids is 1. The van der Waals surface area contributed by atoms with Gasteiger partial charge in [0.2, 0.25) is 5.91 Å². The van der Waals surface area contributed by atoms with Gasteiger partial charge < -0.3 is 5.32 Å². The molecular formula is C21H21ClFN3O3. The van der Waals surface area contributed by atoms with Crippen LogP contribution in [0, 0.1) is 15.9 Å². The maximum absolute atomic E-state index is 14.5. The van der Waals surface area contributed by atoms with Gasteiger partial charge in [-0.3, -0.25) is 19.8 Å². The smallest absolute Gasteiger partial charge is 0.269 e. The van der Waals surface area contributed by atoms with Crippen LogP contribution in [0.5, 0.6) is 0 Å². The van der Waals surface area contributed by atoms with Crippen molar-refractivity contribution < 1.29 is 14.1 Å². The van der Waals surface area contributed by atoms with Crippen molar-refractivity contribution >= 4 is 29.3 Å². The topological polar surface area (TPSA) is 75.5 Å². The third kappa shape index (κ3) is 5.40. The first-order chi connectivity index (χ1) is 14.0. The van der Waals surface area contributed by atoms with Crippen LogP contribution in [0.3, 0.4) is 0 Å². The van der Waals surface area contributed by atoms with E-state index in [1.54, 1.807) is 30.3 Å². The highest BCUT2D eigenvalue weighted by Gasteiger charge is 2.27. The zero-order chi connectivity index (χ0) is 20.8. The van der Waals surface area contributed by atoms with Gasteiger partial charge in [-0.05, 0) is 61.8 Å². The molecule has 2 aromatic rings. The normalized spacial score (nSPS) is 15.5. The molecule has 1 N–H and O–H groups in total. The first-order valence-electron chi connectivity index (χ1n) is 9.34. The summed E-state index contributed by atoms with van der Waals surface area (Å²) in [5.74, 6) is -0.718. The minimum atomic E-state index is -0.480. The van der Waals surface area contributed by atoms with E-state index in [9.17, 15) is 19.3 Å². The number of amides is 1. The lowest BCUT2D eigenvalue weighted by Gasteiger charge is -2.29. The summed E-state index contributed by atoms with van der Waals surface area (Å²) in [6.45, 7) is 1.87. The van der Waals surface area contributed by atoms with Gasteiger partial charge >= 0.3 is 0 Å². The lowest BCUT2D eigenvalue weighted by Crippen LogP contribution is -2.36. The Hall–Kier alpha value is -2.77. The predicted octanol–water partition coefficient (Wildman–Crippen LogP) is 4.35. The number of nitrogens with one attached hydrogen (secondary N) is 1. The summed E-state index contributed by atoms with van der Waals surface area (Å²) in [4.78, 5) is 24.6. The fraction of sp³-hybridized carbons (Fsp3) is 0.286. The van der Waals surface area contributed by atoms with Crippen molar-refractivity contribution in [2.75, 3.05) is 19.6 Å². The first-order valence-corrected chi connectivity index (χ1v) is 9.72. The average molecular weight is 418 g/mol. The molecule has 0 saturated carbocycles. The van der Waals surface area contributed by atoms with Gasteiger partial charge in [-0.1, -0.05) is 17.7 Å². The van der Waals surface area contributed by atoms with Crippen molar-refractivity contribution in [3.8, 4) is 0 Å². The number of hydrogen-bond acceptors (Lipinski definition) is 4. The van der Waals surface area contributed by atoms with Gasteiger partial charge in [0.15, 0.2) is 0 Å². The number of benzene rings is 2. The second-order valence-electron chi connectivity index (χ2n) is 6.82. The molecule has 2 aromatic carbocycles. The van der Waals surface area contributed by atoms with Crippen LogP contribution >= 0.6 is 11.6 Å². The quantitative estimate of drug-likeness (QED) is 0.412. The van der Waals surface area contributed by atoms with Gasteiger partial charge in [0.25, 0.3) is 5.69 Å². The molecule has 0 spiro atoms. The summed E-state index contributed by atoms with van der Waals surface area (Å²) in [5.41, 5.74) is 1.05. The molecule has 1 aliphatic rings. The summed E-state index contributed by atoms with van der Waals surface area (Å²) in [6, 6.07) is 10.1. The van der Waals surface area contributed by atoms with Crippen LogP contribution in [0.25, 0.3) is 6.08 Å². The van der Waals surface area contributed by atoms with E-state index in [0.29, 0.717) is 16.1 Å². The van der Waals surface area contributed by atoms with Crippen molar-refractivity contribution in [1.29, 1.82) is 0 Å². The Balaban J connectivity index is 1.67. The van der Waals surface area contributed by atoms with Crippen LogP contribution in [0.2, 0.25) is 5.02 Å². The standard InChI is InChI=1S/C21H21ClFN3O3/c22-17-4-3-5-18(23)21(17)19(25-12-1-2-13-25)14-24-20(27)11-8-15-6-9-16(10-7-15)26(28)29/h3-11,19H,1-2,12-14H2,(H,24,27)/b11-8+. The van der Waals surface area contributed by atoms with E-state index in [1.165, 1.54) is 24.3 Å². The van der Waals surface area contributed by atoms with Gasteiger partial charge in [0.05, 0.1) is 11.0 Å². The zero-order valence-corrected chi connectivity index (χ0v) is 16.4. The fourth-order valence-electron chi connectivity index (χ4n) is 3.43. The molecule has 0 radical (unpaired) electrons. The zero-order valence-electron chi connectivity index (χ0n) is 15.7. The van der Waals surface area contributed by atoms with E-state index in [1.807, 2.05) is 0 Å². The molecule has 0 aromatic heterocycles. The molecule has 6 nitrogen and oxygen atoms in total. The summed E-state index contributed by atoms with van der Waals surface area (Å²) in [5, 5.41) is 13.8. The second kappa shape index (κ2) is 9.62. The van der Waals surface area contributed by atoms with Crippen LogP contribution in [-0.4, -0.2) is 35.4 Å². The fourth-order valence-corrected chi connectivity index (χ4v) is 3.72. The Bertz CT molecular complexity index is 892. The van der Waals surface area contributed by atoms with E-state index in [4.69, 9.17) is 11.6 Å². The summed E-state index contributed by atoms with van der Waals surface area (Å²) in [6.07, 6.45) is 4.97. The number of nitrogens with zero attached hydrogens (tertiary/aromatic N) is 2. The lowest BCUT2D eigenvalue weighted by molar-refractivity contribution is -0.384. The van der Waals surface area contributed by atoms with Crippen LogP contribution in [-0.2, 0) is 4.79 Å². The summed E-state index contributed by atoms with van der Waals surface area (Å²) < 4.78 is 14.5. The summed E-state index contributed by atoms with van der Waals surface area (Å²) >= 11 is 6.25. The maximum Gasteiger partial charge on any atom is 0.269 e. The highest BCUT2D eigenvalue weighted by atomic mass is 35.5. The summed E-state index contributed by atoms with van der Waals surface area (Å²) in [7, 11) is 0. The number of halogens is 2. The Kier molecular flexibility index (Phi) is 6.95. The van der Waals surface area contributed by atoms with Crippen molar-refractivity contribution in [3.63, 3.8) is 0 Å². The average Bonchev–Trinajstić information content (AvgIpc) is 3.23. The Morgan fingerprint density at radius 3 is 2.55 bits per heavy atom. The SMILES string of the molecule is O=C(/C=C/c1ccc([N+](=O)[O-])cc1)NCC(c1c(F)cccc1Cl)N1CCCC1. The Morgan fingerprint density at radius 1 is 1.24 bits per heavy atom. The largest absolute Gasteiger partial charge is 0.351 e. The van der Waals surface area contributed by atoms with Gasteiger partial charge in [-0.25, -0.2) is 4.39 Å². The van der Waals surface area contributed by atoms with Crippen LogP contribution in [0.15, 0.2) is 48.5 Å². The molecular weight excluding hydrogens is 397 g/mol. The molecule has 1 aliphatic heterocycles. The molecule has 29 heavy (non-hydrogen) atoms. The molecule has 1 saturated heterocycles. The lowest BCUT2D eigenvalue weighted by atomic mass is 10.0. The molecule has 1 amide bonds. The maximum atomic E-state index is 14.5. The van der Waals surface area contributed by atoms with Crippen LogP contribution < -0.4 is 5.32 Å².